The molecule has 0 saturated carbocycles. The van der Waals surface area contributed by atoms with Gasteiger partial charge in [-0.25, -0.2) is 4.68 Å². The first-order chi connectivity index (χ1) is 7.58. The Bertz CT molecular complexity index is 425. The molecule has 0 aliphatic rings. The second kappa shape index (κ2) is 5.38. The van der Waals surface area contributed by atoms with Crippen molar-refractivity contribution in [2.24, 2.45) is 7.05 Å². The third-order valence-corrected chi connectivity index (χ3v) is 1.97. The summed E-state index contributed by atoms with van der Waals surface area (Å²) in [5.74, 6) is -0.552. The van der Waals surface area contributed by atoms with Gasteiger partial charge in [-0.3, -0.25) is 9.59 Å². The zero-order valence-corrected chi connectivity index (χ0v) is 8.75. The van der Waals surface area contributed by atoms with Crippen LogP contribution in [0.3, 0.4) is 0 Å². The van der Waals surface area contributed by atoms with Crippen LogP contribution in [0.5, 0.6) is 0 Å². The van der Waals surface area contributed by atoms with E-state index in [4.69, 9.17) is 10.2 Å². The maximum absolute atomic E-state index is 11.5. The van der Waals surface area contributed by atoms with E-state index < -0.39 is 11.9 Å². The van der Waals surface area contributed by atoms with Gasteiger partial charge in [-0.05, 0) is 6.07 Å². The molecule has 0 unspecified atom stereocenters. The largest absolute Gasteiger partial charge is 0.394 e. The number of carbonyl (C=O) groups excluding carboxylic acids is 1. The Morgan fingerprint density at radius 2 is 2.12 bits per heavy atom. The predicted octanol–water partition coefficient (Wildman–Crippen LogP) is -2.14. The van der Waals surface area contributed by atoms with E-state index >= 15 is 0 Å². The summed E-state index contributed by atoms with van der Waals surface area (Å²) in [6.07, 6.45) is 0. The van der Waals surface area contributed by atoms with Crippen molar-refractivity contribution in [2.45, 2.75) is 6.04 Å². The Morgan fingerprint density at radius 1 is 1.50 bits per heavy atom. The average molecular weight is 227 g/mol. The van der Waals surface area contributed by atoms with Crippen molar-refractivity contribution in [1.29, 1.82) is 0 Å². The molecule has 0 aliphatic carbocycles. The highest BCUT2D eigenvalue weighted by molar-refractivity contribution is 5.92. The van der Waals surface area contributed by atoms with E-state index in [1.807, 2.05) is 0 Å². The number of aryl methyl sites for hydroxylation is 1. The van der Waals surface area contributed by atoms with Crippen LogP contribution in [0.1, 0.15) is 10.5 Å². The van der Waals surface area contributed by atoms with Gasteiger partial charge in [0.2, 0.25) is 0 Å². The molecule has 0 fully saturated rings. The van der Waals surface area contributed by atoms with Crippen LogP contribution < -0.4 is 10.9 Å². The highest BCUT2D eigenvalue weighted by Crippen LogP contribution is 1.91. The van der Waals surface area contributed by atoms with E-state index in [0.29, 0.717) is 0 Å². The van der Waals surface area contributed by atoms with Gasteiger partial charge in [-0.1, -0.05) is 0 Å². The topological polar surface area (TPSA) is 104 Å². The van der Waals surface area contributed by atoms with E-state index in [1.54, 1.807) is 0 Å². The lowest BCUT2D eigenvalue weighted by Crippen LogP contribution is -2.41. The monoisotopic (exact) mass is 227 g/mol. The highest BCUT2D eigenvalue weighted by Gasteiger charge is 2.13. The van der Waals surface area contributed by atoms with Crippen LogP contribution in [0, 0.1) is 0 Å². The van der Waals surface area contributed by atoms with E-state index in [1.165, 1.54) is 19.2 Å². The molecule has 1 amide bonds. The van der Waals surface area contributed by atoms with Gasteiger partial charge in [0.15, 0.2) is 0 Å². The van der Waals surface area contributed by atoms with Crippen molar-refractivity contribution in [2.75, 3.05) is 13.2 Å². The summed E-state index contributed by atoms with van der Waals surface area (Å²) >= 11 is 0. The molecule has 0 spiro atoms. The minimum Gasteiger partial charge on any atom is -0.394 e. The van der Waals surface area contributed by atoms with Crippen molar-refractivity contribution in [3.63, 3.8) is 0 Å². The van der Waals surface area contributed by atoms with Gasteiger partial charge in [-0.15, -0.1) is 0 Å². The van der Waals surface area contributed by atoms with E-state index in [2.05, 4.69) is 10.4 Å². The molecule has 3 N–H and O–H groups in total. The maximum atomic E-state index is 11.5. The SMILES string of the molecule is Cn1nc(C(=O)NC(CO)CO)ccc1=O. The zero-order valence-electron chi connectivity index (χ0n) is 8.75. The van der Waals surface area contributed by atoms with Gasteiger partial charge >= 0.3 is 0 Å². The summed E-state index contributed by atoms with van der Waals surface area (Å²) in [7, 11) is 1.43. The predicted molar refractivity (Wildman–Crippen MR) is 54.9 cm³/mol. The van der Waals surface area contributed by atoms with Crippen LogP contribution in [0.15, 0.2) is 16.9 Å². The number of carbonyl (C=O) groups is 1. The molecule has 1 rings (SSSR count). The number of amides is 1. The lowest BCUT2D eigenvalue weighted by molar-refractivity contribution is 0.0872. The van der Waals surface area contributed by atoms with E-state index in [0.717, 1.165) is 4.68 Å². The normalized spacial score (nSPS) is 10.5. The third kappa shape index (κ3) is 2.88. The van der Waals surface area contributed by atoms with Gasteiger partial charge in [0.1, 0.15) is 5.69 Å². The van der Waals surface area contributed by atoms with Crippen molar-refractivity contribution in [3.05, 3.63) is 28.2 Å². The van der Waals surface area contributed by atoms with Gasteiger partial charge < -0.3 is 15.5 Å². The fraction of sp³-hybridized carbons (Fsp3) is 0.444. The molecule has 88 valence electrons. The third-order valence-electron chi connectivity index (χ3n) is 1.97. The van der Waals surface area contributed by atoms with Crippen LogP contribution in [-0.2, 0) is 7.05 Å². The van der Waals surface area contributed by atoms with Crippen LogP contribution in [0.4, 0.5) is 0 Å². The number of rotatable bonds is 4. The number of hydrogen-bond donors (Lipinski definition) is 3. The number of aliphatic hydroxyl groups excluding tert-OH is 2. The summed E-state index contributed by atoms with van der Waals surface area (Å²) in [5, 5.41) is 23.6. The average Bonchev–Trinajstić information content (AvgIpc) is 2.29. The summed E-state index contributed by atoms with van der Waals surface area (Å²) in [5.41, 5.74) is -0.272. The lowest BCUT2D eigenvalue weighted by atomic mass is 10.3. The van der Waals surface area contributed by atoms with Crippen molar-refractivity contribution in [1.82, 2.24) is 15.1 Å². The number of aromatic nitrogens is 2. The zero-order chi connectivity index (χ0) is 12.1. The number of hydrogen-bond acceptors (Lipinski definition) is 5. The highest BCUT2D eigenvalue weighted by atomic mass is 16.3. The number of nitrogens with one attached hydrogen (secondary N) is 1. The smallest absolute Gasteiger partial charge is 0.272 e. The molecule has 1 aromatic heterocycles. The molecule has 7 nitrogen and oxygen atoms in total. The molecule has 0 atom stereocenters. The molecular formula is C9H13N3O4. The second-order valence-electron chi connectivity index (χ2n) is 3.22. The summed E-state index contributed by atoms with van der Waals surface area (Å²) < 4.78 is 1.03. The van der Waals surface area contributed by atoms with Crippen LogP contribution in [-0.4, -0.2) is 45.2 Å². The van der Waals surface area contributed by atoms with Gasteiger partial charge in [0.25, 0.3) is 11.5 Å². The molecule has 0 bridgehead atoms. The first-order valence-electron chi connectivity index (χ1n) is 4.65. The second-order valence-corrected chi connectivity index (χ2v) is 3.22. The van der Waals surface area contributed by atoms with E-state index in [9.17, 15) is 9.59 Å². The molecule has 16 heavy (non-hydrogen) atoms. The Labute approximate surface area is 91.3 Å². The quantitative estimate of drug-likeness (QED) is 0.544. The number of nitrogens with zero attached hydrogens (tertiary/aromatic N) is 2. The molecule has 0 saturated heterocycles. The first kappa shape index (κ1) is 12.3. The molecule has 0 radical (unpaired) electrons. The first-order valence-corrected chi connectivity index (χ1v) is 4.65. The molecule has 1 heterocycles. The molecular weight excluding hydrogens is 214 g/mol. The minimum atomic E-state index is -0.730. The Morgan fingerprint density at radius 3 is 2.62 bits per heavy atom. The van der Waals surface area contributed by atoms with Crippen LogP contribution in [0.2, 0.25) is 0 Å². The fourth-order valence-electron chi connectivity index (χ4n) is 1.03. The Kier molecular flexibility index (Phi) is 4.15. The number of aliphatic hydroxyl groups is 2. The standard InChI is InChI=1S/C9H13N3O4/c1-12-8(15)3-2-7(11-12)9(16)10-6(4-13)5-14/h2-3,6,13-14H,4-5H2,1H3,(H,10,16). The van der Waals surface area contributed by atoms with Gasteiger partial charge in [0, 0.05) is 13.1 Å². The van der Waals surface area contributed by atoms with Gasteiger partial charge in [0.05, 0.1) is 19.3 Å². The van der Waals surface area contributed by atoms with Crippen LogP contribution in [0.25, 0.3) is 0 Å². The molecule has 0 aliphatic heterocycles. The van der Waals surface area contributed by atoms with Crippen LogP contribution >= 0.6 is 0 Å². The summed E-state index contributed by atoms with van der Waals surface area (Å²) in [4.78, 5) is 22.5. The Balaban J connectivity index is 2.80. The molecule has 7 heteroatoms. The van der Waals surface area contributed by atoms with Crippen molar-refractivity contribution < 1.29 is 15.0 Å². The molecule has 1 aromatic rings. The summed E-state index contributed by atoms with van der Waals surface area (Å²) in [6, 6.07) is 1.77. The van der Waals surface area contributed by atoms with Crippen molar-refractivity contribution in [3.8, 4) is 0 Å². The lowest BCUT2D eigenvalue weighted by Gasteiger charge is -2.12. The maximum Gasteiger partial charge on any atom is 0.272 e. The Hall–Kier alpha value is -1.73. The van der Waals surface area contributed by atoms with E-state index in [-0.39, 0.29) is 24.5 Å². The molecule has 0 aromatic carbocycles. The fourth-order valence-corrected chi connectivity index (χ4v) is 1.03. The summed E-state index contributed by atoms with van der Waals surface area (Å²) in [6.45, 7) is -0.734. The van der Waals surface area contributed by atoms with Crippen molar-refractivity contribution >= 4 is 5.91 Å². The minimum absolute atomic E-state index is 0.0500. The van der Waals surface area contributed by atoms with Gasteiger partial charge in [-0.2, -0.15) is 5.10 Å².